The van der Waals surface area contributed by atoms with E-state index in [2.05, 4.69) is 0 Å². The van der Waals surface area contributed by atoms with Crippen molar-refractivity contribution < 1.29 is 27.9 Å². The molecule has 2 aromatic carbocycles. The Hall–Kier alpha value is -3.86. The topological polar surface area (TPSA) is 81.4 Å². The van der Waals surface area contributed by atoms with Gasteiger partial charge in [0.15, 0.2) is 5.78 Å². The first-order valence-corrected chi connectivity index (χ1v) is 9.18. The summed E-state index contributed by atoms with van der Waals surface area (Å²) in [6, 6.07) is 12.6. The summed E-state index contributed by atoms with van der Waals surface area (Å²) in [6.45, 7) is 2.84. The van der Waals surface area contributed by atoms with E-state index in [1.54, 1.807) is 19.1 Å². The highest BCUT2D eigenvalue weighted by molar-refractivity contribution is 6.02. The van der Waals surface area contributed by atoms with Gasteiger partial charge in [0, 0.05) is 29.1 Å². The predicted molar refractivity (Wildman–Crippen MR) is 107 cm³/mol. The predicted octanol–water partition coefficient (Wildman–Crippen LogP) is 5.01. The molecule has 2 aromatic rings. The molecule has 1 N–H and O–H groups in total. The standard InChI is InChI=1S/C23H17F3N2O3/c1-13-20(14(2)29)21(16-8-6-15(11-27)7-9-16)19(22(30)31)12-28(13)18-5-3-4-17(10-18)23(24,25)26/h3-10,12,21H,1-2H3,(H,30,31). The van der Waals surface area contributed by atoms with Gasteiger partial charge in [0.1, 0.15) is 0 Å². The maximum atomic E-state index is 13.2. The number of ketones is 1. The lowest BCUT2D eigenvalue weighted by atomic mass is 9.79. The van der Waals surface area contributed by atoms with Crippen molar-refractivity contribution in [2.45, 2.75) is 25.9 Å². The van der Waals surface area contributed by atoms with Crippen LogP contribution in [0, 0.1) is 11.3 Å². The van der Waals surface area contributed by atoms with Crippen molar-refractivity contribution in [3.8, 4) is 6.07 Å². The van der Waals surface area contributed by atoms with Gasteiger partial charge in [0.25, 0.3) is 0 Å². The largest absolute Gasteiger partial charge is 0.478 e. The normalized spacial score (nSPS) is 16.6. The molecule has 158 valence electrons. The fourth-order valence-corrected chi connectivity index (χ4v) is 3.64. The number of hydrogen-bond donors (Lipinski definition) is 1. The molecule has 0 radical (unpaired) electrons. The first-order valence-electron chi connectivity index (χ1n) is 9.18. The van der Waals surface area contributed by atoms with E-state index in [-0.39, 0.29) is 16.8 Å². The van der Waals surface area contributed by atoms with E-state index in [4.69, 9.17) is 5.26 Å². The molecule has 1 atom stereocenters. The Labute approximate surface area is 176 Å². The van der Waals surface area contributed by atoms with E-state index in [1.807, 2.05) is 6.07 Å². The molecule has 0 aromatic heterocycles. The molecule has 1 aliphatic heterocycles. The van der Waals surface area contributed by atoms with Gasteiger partial charge in [-0.2, -0.15) is 18.4 Å². The molecule has 1 heterocycles. The van der Waals surface area contributed by atoms with Gasteiger partial charge < -0.3 is 10.0 Å². The summed E-state index contributed by atoms with van der Waals surface area (Å²) < 4.78 is 39.5. The second kappa shape index (κ2) is 8.11. The van der Waals surface area contributed by atoms with Crippen molar-refractivity contribution >= 4 is 17.4 Å². The summed E-state index contributed by atoms with van der Waals surface area (Å²) in [6.07, 6.45) is -3.33. The summed E-state index contributed by atoms with van der Waals surface area (Å²) in [4.78, 5) is 25.9. The highest BCUT2D eigenvalue weighted by atomic mass is 19.4. The number of hydrogen-bond acceptors (Lipinski definition) is 4. The lowest BCUT2D eigenvalue weighted by Crippen LogP contribution is -2.30. The number of carbonyl (C=O) groups excluding carboxylic acids is 1. The minimum Gasteiger partial charge on any atom is -0.478 e. The number of alkyl halides is 3. The van der Waals surface area contributed by atoms with Crippen LogP contribution in [-0.2, 0) is 15.8 Å². The third-order valence-corrected chi connectivity index (χ3v) is 5.07. The quantitative estimate of drug-likeness (QED) is 0.743. The van der Waals surface area contributed by atoms with E-state index in [1.165, 1.54) is 42.3 Å². The first kappa shape index (κ1) is 21.8. The van der Waals surface area contributed by atoms with E-state index < -0.39 is 29.4 Å². The van der Waals surface area contributed by atoms with E-state index in [0.717, 1.165) is 12.1 Å². The molecule has 0 spiro atoms. The number of rotatable bonds is 4. The highest BCUT2D eigenvalue weighted by Gasteiger charge is 2.36. The summed E-state index contributed by atoms with van der Waals surface area (Å²) >= 11 is 0. The molecular formula is C23H17F3N2O3. The lowest BCUT2D eigenvalue weighted by Gasteiger charge is -2.34. The Balaban J connectivity index is 2.21. The van der Waals surface area contributed by atoms with Crippen LogP contribution in [0.3, 0.4) is 0 Å². The molecule has 0 amide bonds. The van der Waals surface area contributed by atoms with Crippen LogP contribution < -0.4 is 4.90 Å². The zero-order valence-corrected chi connectivity index (χ0v) is 16.6. The average Bonchev–Trinajstić information content (AvgIpc) is 2.72. The number of halogens is 3. The number of benzene rings is 2. The number of anilines is 1. The molecular weight excluding hydrogens is 409 g/mol. The van der Waals surface area contributed by atoms with Crippen LogP contribution in [0.4, 0.5) is 18.9 Å². The average molecular weight is 426 g/mol. The van der Waals surface area contributed by atoms with Gasteiger partial charge in [-0.25, -0.2) is 4.79 Å². The van der Waals surface area contributed by atoms with Crippen molar-refractivity contribution in [3.63, 3.8) is 0 Å². The fourth-order valence-electron chi connectivity index (χ4n) is 3.64. The Morgan fingerprint density at radius 1 is 1.13 bits per heavy atom. The minimum absolute atomic E-state index is 0.0862. The molecule has 0 fully saturated rings. The molecule has 1 unspecified atom stereocenters. The second-order valence-corrected chi connectivity index (χ2v) is 7.03. The molecule has 1 aliphatic rings. The monoisotopic (exact) mass is 426 g/mol. The maximum Gasteiger partial charge on any atom is 0.416 e. The first-order chi connectivity index (χ1) is 14.5. The fraction of sp³-hybridized carbons (Fsp3) is 0.174. The van der Waals surface area contributed by atoms with Crippen LogP contribution in [0.1, 0.15) is 36.5 Å². The Morgan fingerprint density at radius 2 is 1.77 bits per heavy atom. The van der Waals surface area contributed by atoms with Crippen molar-refractivity contribution in [1.82, 2.24) is 0 Å². The molecule has 3 rings (SSSR count). The zero-order valence-electron chi connectivity index (χ0n) is 16.6. The summed E-state index contributed by atoms with van der Waals surface area (Å²) in [7, 11) is 0. The second-order valence-electron chi connectivity index (χ2n) is 7.03. The Morgan fingerprint density at radius 3 is 2.29 bits per heavy atom. The number of aliphatic carboxylic acids is 1. The van der Waals surface area contributed by atoms with Crippen molar-refractivity contribution in [1.29, 1.82) is 5.26 Å². The number of carbonyl (C=O) groups is 2. The number of carboxylic acid groups (broad SMARTS) is 1. The van der Waals surface area contributed by atoms with Crippen LogP contribution in [0.25, 0.3) is 0 Å². The Bertz CT molecular complexity index is 1160. The van der Waals surface area contributed by atoms with Crippen LogP contribution >= 0.6 is 0 Å². The van der Waals surface area contributed by atoms with Crippen molar-refractivity contribution in [2.24, 2.45) is 0 Å². The van der Waals surface area contributed by atoms with Gasteiger partial charge in [-0.1, -0.05) is 18.2 Å². The van der Waals surface area contributed by atoms with Gasteiger partial charge >= 0.3 is 12.1 Å². The van der Waals surface area contributed by atoms with Crippen molar-refractivity contribution in [3.05, 3.63) is 88.3 Å². The molecule has 31 heavy (non-hydrogen) atoms. The van der Waals surface area contributed by atoms with E-state index in [0.29, 0.717) is 16.8 Å². The van der Waals surface area contributed by atoms with Gasteiger partial charge in [0.05, 0.1) is 22.8 Å². The summed E-state index contributed by atoms with van der Waals surface area (Å²) in [5, 5.41) is 18.8. The SMILES string of the molecule is CC(=O)C1=C(C)N(c2cccc(C(F)(F)F)c2)C=C(C(=O)O)C1c1ccc(C#N)cc1. The number of Topliss-reactive ketones (excluding diaryl/α,β-unsaturated/α-hetero) is 1. The van der Waals surface area contributed by atoms with Crippen molar-refractivity contribution in [2.75, 3.05) is 4.90 Å². The van der Waals surface area contributed by atoms with E-state index >= 15 is 0 Å². The summed E-state index contributed by atoms with van der Waals surface area (Å²) in [5.74, 6) is -2.64. The smallest absolute Gasteiger partial charge is 0.416 e. The van der Waals surface area contributed by atoms with Gasteiger partial charge in [0.2, 0.25) is 0 Å². The lowest BCUT2D eigenvalue weighted by molar-refractivity contribution is -0.137. The molecule has 0 bridgehead atoms. The third-order valence-electron chi connectivity index (χ3n) is 5.07. The van der Waals surface area contributed by atoms with Gasteiger partial charge in [-0.15, -0.1) is 0 Å². The zero-order chi connectivity index (χ0) is 22.9. The maximum absolute atomic E-state index is 13.2. The minimum atomic E-state index is -4.57. The molecule has 0 saturated heterocycles. The van der Waals surface area contributed by atoms with Gasteiger partial charge in [-0.3, -0.25) is 4.79 Å². The molecule has 8 heteroatoms. The van der Waals surface area contributed by atoms with Crippen LogP contribution in [0.15, 0.2) is 71.6 Å². The van der Waals surface area contributed by atoms with E-state index in [9.17, 15) is 27.9 Å². The van der Waals surface area contributed by atoms with Crippen LogP contribution in [-0.4, -0.2) is 16.9 Å². The molecule has 5 nitrogen and oxygen atoms in total. The van der Waals surface area contributed by atoms with Crippen LogP contribution in [0.2, 0.25) is 0 Å². The molecule has 0 aliphatic carbocycles. The van der Waals surface area contributed by atoms with Crippen LogP contribution in [0.5, 0.6) is 0 Å². The molecule has 0 saturated carbocycles. The third kappa shape index (κ3) is 4.21. The number of nitrogens with zero attached hydrogens (tertiary/aromatic N) is 2. The number of nitriles is 1. The summed E-state index contributed by atoms with van der Waals surface area (Å²) in [5.41, 5.74) is 0.368. The number of allylic oxidation sites excluding steroid dienone is 2. The Kier molecular flexibility index (Phi) is 5.71. The van der Waals surface area contributed by atoms with Gasteiger partial charge in [-0.05, 0) is 49.7 Å². The highest BCUT2D eigenvalue weighted by Crippen LogP contribution is 2.42. The number of carboxylic acids is 1.